The van der Waals surface area contributed by atoms with Crippen LogP contribution in [0.2, 0.25) is 0 Å². The molecule has 0 radical (unpaired) electrons. The van der Waals surface area contributed by atoms with Crippen LogP contribution in [0.25, 0.3) is 11.3 Å². The minimum absolute atomic E-state index is 0.338. The van der Waals surface area contributed by atoms with E-state index in [1.54, 1.807) is 7.05 Å². The summed E-state index contributed by atoms with van der Waals surface area (Å²) in [6, 6.07) is 9.19. The fourth-order valence-corrected chi connectivity index (χ4v) is 1.49. The molecule has 2 rings (SSSR count). The first-order valence-electron chi connectivity index (χ1n) is 4.67. The first kappa shape index (κ1) is 9.73. The van der Waals surface area contributed by atoms with Crippen LogP contribution < -0.4 is 11.4 Å². The quantitative estimate of drug-likeness (QED) is 0.796. The molecule has 0 bridgehead atoms. The van der Waals surface area contributed by atoms with Crippen LogP contribution in [-0.2, 0) is 13.6 Å². The summed E-state index contributed by atoms with van der Waals surface area (Å²) in [5.74, 6) is 0. The van der Waals surface area contributed by atoms with Crippen molar-refractivity contribution in [2.24, 2.45) is 12.8 Å². The molecule has 4 nitrogen and oxygen atoms in total. The summed E-state index contributed by atoms with van der Waals surface area (Å²) in [6.45, 7) is 0.518. The molecule has 2 N–H and O–H groups in total. The molecule has 0 spiro atoms. The van der Waals surface area contributed by atoms with E-state index in [1.807, 2.05) is 24.3 Å². The van der Waals surface area contributed by atoms with Crippen LogP contribution in [0.4, 0.5) is 0 Å². The highest BCUT2D eigenvalue weighted by Gasteiger charge is 2.05. The van der Waals surface area contributed by atoms with Crippen LogP contribution in [-0.4, -0.2) is 4.74 Å². The van der Waals surface area contributed by atoms with E-state index < -0.39 is 0 Å². The first-order chi connectivity index (χ1) is 7.20. The van der Waals surface area contributed by atoms with Gasteiger partial charge >= 0.3 is 5.63 Å². The number of aromatic nitrogens is 1. The molecule has 0 saturated carbocycles. The van der Waals surface area contributed by atoms with E-state index in [-0.39, 0.29) is 5.63 Å². The summed E-state index contributed by atoms with van der Waals surface area (Å²) in [4.78, 5) is 11.0. The van der Waals surface area contributed by atoms with Gasteiger partial charge in [-0.25, -0.2) is 9.53 Å². The molecule has 0 amide bonds. The molecule has 1 heterocycles. The third-order valence-corrected chi connectivity index (χ3v) is 2.31. The van der Waals surface area contributed by atoms with Crippen molar-refractivity contribution in [1.82, 2.24) is 4.74 Å². The number of rotatable bonds is 2. The van der Waals surface area contributed by atoms with Gasteiger partial charge in [-0.3, -0.25) is 0 Å². The molecule has 0 aliphatic carbocycles. The highest BCUT2D eigenvalue weighted by atomic mass is 16.5. The molecule has 1 aromatic carbocycles. The lowest BCUT2D eigenvalue weighted by Crippen LogP contribution is -1.96. The molecular formula is C11H12N2O2. The topological polar surface area (TPSA) is 61.2 Å². The minimum atomic E-state index is -0.338. The molecule has 2 aromatic rings. The summed E-state index contributed by atoms with van der Waals surface area (Å²) in [7, 11) is 1.70. The zero-order valence-corrected chi connectivity index (χ0v) is 8.43. The van der Waals surface area contributed by atoms with E-state index >= 15 is 0 Å². The fourth-order valence-electron chi connectivity index (χ4n) is 1.49. The van der Waals surface area contributed by atoms with Crippen molar-refractivity contribution >= 4 is 0 Å². The Balaban J connectivity index is 2.45. The smallest absolute Gasteiger partial charge is 0.336 e. The van der Waals surface area contributed by atoms with E-state index in [2.05, 4.69) is 0 Å². The van der Waals surface area contributed by atoms with E-state index in [1.165, 1.54) is 10.8 Å². The van der Waals surface area contributed by atoms with Gasteiger partial charge in [0.1, 0.15) is 0 Å². The second-order valence-electron chi connectivity index (χ2n) is 3.34. The van der Waals surface area contributed by atoms with Crippen LogP contribution in [0.15, 0.2) is 39.6 Å². The van der Waals surface area contributed by atoms with Gasteiger partial charge in [0.2, 0.25) is 0 Å². The SMILES string of the molecule is Cn1oc(=O)cc1-c1ccc(CN)cc1. The van der Waals surface area contributed by atoms with Crippen LogP contribution >= 0.6 is 0 Å². The van der Waals surface area contributed by atoms with Crippen LogP contribution in [0.3, 0.4) is 0 Å². The Morgan fingerprint density at radius 1 is 1.33 bits per heavy atom. The van der Waals surface area contributed by atoms with Crippen molar-refractivity contribution < 1.29 is 4.52 Å². The van der Waals surface area contributed by atoms with Crippen molar-refractivity contribution in [3.05, 3.63) is 46.3 Å². The lowest BCUT2D eigenvalue weighted by molar-refractivity contribution is 0.289. The van der Waals surface area contributed by atoms with E-state index in [0.717, 1.165) is 16.8 Å². The molecule has 1 aromatic heterocycles. The third-order valence-electron chi connectivity index (χ3n) is 2.31. The van der Waals surface area contributed by atoms with Gasteiger partial charge in [-0.2, -0.15) is 0 Å². The third kappa shape index (κ3) is 1.85. The molecule has 4 heteroatoms. The van der Waals surface area contributed by atoms with Crippen molar-refractivity contribution in [2.75, 3.05) is 0 Å². The summed E-state index contributed by atoms with van der Waals surface area (Å²) >= 11 is 0. The molecule has 0 unspecified atom stereocenters. The Morgan fingerprint density at radius 3 is 2.47 bits per heavy atom. The van der Waals surface area contributed by atoms with Gasteiger partial charge in [-0.1, -0.05) is 24.3 Å². The van der Waals surface area contributed by atoms with Crippen molar-refractivity contribution in [3.63, 3.8) is 0 Å². The number of hydrogen-bond donors (Lipinski definition) is 1. The summed E-state index contributed by atoms with van der Waals surface area (Å²) in [6.07, 6.45) is 0. The van der Waals surface area contributed by atoms with Gasteiger partial charge in [-0.15, -0.1) is 0 Å². The Bertz CT molecular complexity index is 508. The molecule has 0 fully saturated rings. The van der Waals surface area contributed by atoms with Crippen LogP contribution in [0, 0.1) is 0 Å². The van der Waals surface area contributed by atoms with E-state index in [9.17, 15) is 4.79 Å². The summed E-state index contributed by atoms with van der Waals surface area (Å²) in [5, 5.41) is 0. The van der Waals surface area contributed by atoms with Crippen molar-refractivity contribution in [2.45, 2.75) is 6.54 Å². The van der Waals surface area contributed by atoms with Crippen LogP contribution in [0.1, 0.15) is 5.56 Å². The lowest BCUT2D eigenvalue weighted by Gasteiger charge is -2.01. The predicted molar refractivity (Wildman–Crippen MR) is 57.3 cm³/mol. The predicted octanol–water partition coefficient (Wildman–Crippen LogP) is 1.10. The number of aryl methyl sites for hydroxylation is 1. The average Bonchev–Trinajstić information content (AvgIpc) is 2.58. The molecule has 0 aliphatic heterocycles. The van der Waals surface area contributed by atoms with Gasteiger partial charge in [0.25, 0.3) is 0 Å². The van der Waals surface area contributed by atoms with Gasteiger partial charge in [-0.05, 0) is 5.56 Å². The fraction of sp³-hybridized carbons (Fsp3) is 0.182. The monoisotopic (exact) mass is 204 g/mol. The Hall–Kier alpha value is -1.81. The molecule has 0 saturated heterocycles. The standard InChI is InChI=1S/C11H12N2O2/c1-13-10(6-11(14)15-13)9-4-2-8(7-12)3-5-9/h2-6H,7,12H2,1H3. The Labute approximate surface area is 86.9 Å². The first-order valence-corrected chi connectivity index (χ1v) is 4.67. The number of benzene rings is 1. The maximum atomic E-state index is 11.0. The largest absolute Gasteiger partial charge is 0.358 e. The molecule has 15 heavy (non-hydrogen) atoms. The van der Waals surface area contributed by atoms with Gasteiger partial charge < -0.3 is 10.3 Å². The maximum absolute atomic E-state index is 11.0. The van der Waals surface area contributed by atoms with Gasteiger partial charge in [0.05, 0.1) is 11.8 Å². The zero-order valence-electron chi connectivity index (χ0n) is 8.43. The maximum Gasteiger partial charge on any atom is 0.358 e. The lowest BCUT2D eigenvalue weighted by atomic mass is 10.1. The zero-order chi connectivity index (χ0) is 10.8. The normalized spacial score (nSPS) is 10.5. The average molecular weight is 204 g/mol. The van der Waals surface area contributed by atoms with Gasteiger partial charge in [0, 0.05) is 19.2 Å². The summed E-state index contributed by atoms with van der Waals surface area (Å²) < 4.78 is 6.32. The highest BCUT2D eigenvalue weighted by molar-refractivity contribution is 5.59. The minimum Gasteiger partial charge on any atom is -0.336 e. The number of hydrogen-bond acceptors (Lipinski definition) is 3. The molecular weight excluding hydrogens is 192 g/mol. The number of nitrogens with two attached hydrogens (primary N) is 1. The second-order valence-corrected chi connectivity index (χ2v) is 3.34. The molecule has 78 valence electrons. The van der Waals surface area contributed by atoms with Crippen LogP contribution in [0.5, 0.6) is 0 Å². The Kier molecular flexibility index (Phi) is 2.43. The summed E-state index contributed by atoms with van der Waals surface area (Å²) in [5.41, 5.74) is 7.94. The highest BCUT2D eigenvalue weighted by Crippen LogP contribution is 2.17. The molecule has 0 atom stereocenters. The van der Waals surface area contributed by atoms with Crippen molar-refractivity contribution in [3.8, 4) is 11.3 Å². The Morgan fingerprint density at radius 2 is 2.00 bits per heavy atom. The number of nitrogens with zero attached hydrogens (tertiary/aromatic N) is 1. The van der Waals surface area contributed by atoms with Crippen molar-refractivity contribution in [1.29, 1.82) is 0 Å². The van der Waals surface area contributed by atoms with E-state index in [4.69, 9.17) is 10.3 Å². The van der Waals surface area contributed by atoms with E-state index in [0.29, 0.717) is 6.54 Å². The second kappa shape index (κ2) is 3.74. The van der Waals surface area contributed by atoms with Gasteiger partial charge in [0.15, 0.2) is 0 Å². The molecule has 0 aliphatic rings.